The van der Waals surface area contributed by atoms with E-state index in [-0.39, 0.29) is 11.8 Å². The van der Waals surface area contributed by atoms with E-state index in [1.54, 1.807) is 18.4 Å². The molecule has 0 saturated carbocycles. The Bertz CT molecular complexity index is 1300. The van der Waals surface area contributed by atoms with Crippen molar-refractivity contribution in [2.24, 2.45) is 5.92 Å². The van der Waals surface area contributed by atoms with Gasteiger partial charge in [0.05, 0.1) is 34.8 Å². The Balaban J connectivity index is 1.37. The van der Waals surface area contributed by atoms with Gasteiger partial charge < -0.3 is 15.0 Å². The first-order chi connectivity index (χ1) is 16.0. The highest BCUT2D eigenvalue weighted by molar-refractivity contribution is 7.22. The van der Waals surface area contributed by atoms with Gasteiger partial charge in [-0.25, -0.2) is 4.68 Å². The molecule has 0 bridgehead atoms. The third-order valence-electron chi connectivity index (χ3n) is 6.05. The summed E-state index contributed by atoms with van der Waals surface area (Å²) in [5, 5.41) is 8.72. The van der Waals surface area contributed by atoms with Gasteiger partial charge in [-0.15, -0.1) is 0 Å². The minimum atomic E-state index is -0.109. The van der Waals surface area contributed by atoms with Crippen LogP contribution in [0.2, 0.25) is 0 Å². The highest BCUT2D eigenvalue weighted by Gasteiger charge is 2.29. The first kappa shape index (κ1) is 21.5. The average Bonchev–Trinajstić information content (AvgIpc) is 3.40. The Kier molecular flexibility index (Phi) is 5.76. The topological polar surface area (TPSA) is 72.3 Å². The molecule has 1 saturated heterocycles. The van der Waals surface area contributed by atoms with E-state index in [0.29, 0.717) is 12.3 Å². The van der Waals surface area contributed by atoms with Gasteiger partial charge in [-0.2, -0.15) is 10.1 Å². The number of benzene rings is 2. The number of nitrogens with zero attached hydrogens (tertiary/aromatic N) is 4. The van der Waals surface area contributed by atoms with E-state index in [1.807, 2.05) is 67.1 Å². The van der Waals surface area contributed by atoms with Gasteiger partial charge >= 0.3 is 0 Å². The molecule has 33 heavy (non-hydrogen) atoms. The summed E-state index contributed by atoms with van der Waals surface area (Å²) in [7, 11) is 1.62. The molecule has 1 unspecified atom stereocenters. The van der Waals surface area contributed by atoms with Gasteiger partial charge in [0.2, 0.25) is 5.91 Å². The van der Waals surface area contributed by atoms with Crippen molar-refractivity contribution < 1.29 is 9.53 Å². The molecular formula is C25H27N5O2S. The number of rotatable bonds is 5. The maximum absolute atomic E-state index is 13.1. The summed E-state index contributed by atoms with van der Waals surface area (Å²) in [5.74, 6) is 0.591. The quantitative estimate of drug-likeness (QED) is 0.455. The average molecular weight is 462 g/mol. The van der Waals surface area contributed by atoms with E-state index in [1.165, 1.54) is 0 Å². The monoisotopic (exact) mass is 461 g/mol. The summed E-state index contributed by atoms with van der Waals surface area (Å²) >= 11 is 1.65. The zero-order chi connectivity index (χ0) is 22.9. The number of hydrogen-bond donors (Lipinski definition) is 1. The number of nitrogens with one attached hydrogen (secondary N) is 1. The lowest BCUT2D eigenvalue weighted by molar-refractivity contribution is -0.120. The zero-order valence-corrected chi connectivity index (χ0v) is 19.9. The fourth-order valence-corrected chi connectivity index (χ4v) is 5.35. The van der Waals surface area contributed by atoms with Crippen molar-refractivity contribution >= 4 is 38.4 Å². The first-order valence-corrected chi connectivity index (χ1v) is 12.0. The van der Waals surface area contributed by atoms with Crippen LogP contribution in [0.15, 0.2) is 48.5 Å². The van der Waals surface area contributed by atoms with Gasteiger partial charge in [-0.3, -0.25) is 4.79 Å². The van der Waals surface area contributed by atoms with Crippen LogP contribution >= 0.6 is 11.3 Å². The minimum absolute atomic E-state index is 0.0244. The Hall–Kier alpha value is -3.39. The molecule has 0 aliphatic carbocycles. The summed E-state index contributed by atoms with van der Waals surface area (Å²) in [6.45, 7) is 5.56. The number of aryl methyl sites for hydroxylation is 2. The molecule has 7 nitrogen and oxygen atoms in total. The number of para-hydroxylation sites is 1. The molecule has 0 radical (unpaired) electrons. The van der Waals surface area contributed by atoms with Crippen LogP contribution in [0.25, 0.3) is 16.0 Å². The predicted octanol–water partition coefficient (Wildman–Crippen LogP) is 4.96. The fraction of sp³-hybridized carbons (Fsp3) is 0.320. The fourth-order valence-electron chi connectivity index (χ4n) is 4.33. The van der Waals surface area contributed by atoms with Crippen LogP contribution in [0.1, 0.15) is 24.1 Å². The van der Waals surface area contributed by atoms with E-state index in [9.17, 15) is 4.79 Å². The van der Waals surface area contributed by atoms with Gasteiger partial charge in [0.1, 0.15) is 5.75 Å². The summed E-state index contributed by atoms with van der Waals surface area (Å²) in [6.07, 6.45) is 1.81. The molecule has 8 heteroatoms. The number of fused-ring (bicyclic) bond motifs is 1. The third-order valence-corrected chi connectivity index (χ3v) is 7.27. The van der Waals surface area contributed by atoms with Gasteiger partial charge in [0.25, 0.3) is 0 Å². The van der Waals surface area contributed by atoms with Crippen LogP contribution in [0.4, 0.5) is 10.8 Å². The standard InChI is InChI=1S/C25H27N5O2S/c1-16-11-12-21(32-3)20(14-16)26-24(31)18-8-7-13-29(15-18)25-27-23-22(33-25)17(2)28-30(23)19-9-5-4-6-10-19/h4-6,9-12,14,18H,7-8,13,15H2,1-3H3,(H,26,31). The number of amides is 1. The number of methoxy groups -OCH3 is 1. The maximum Gasteiger partial charge on any atom is 0.229 e. The van der Waals surface area contributed by atoms with E-state index in [4.69, 9.17) is 9.72 Å². The first-order valence-electron chi connectivity index (χ1n) is 11.2. The predicted molar refractivity (Wildman–Crippen MR) is 133 cm³/mol. The Labute approximate surface area is 197 Å². The van der Waals surface area contributed by atoms with Crippen LogP contribution in [0, 0.1) is 19.8 Å². The summed E-state index contributed by atoms with van der Waals surface area (Å²) in [6, 6.07) is 15.9. The van der Waals surface area contributed by atoms with Crippen LogP contribution in [-0.2, 0) is 4.79 Å². The minimum Gasteiger partial charge on any atom is -0.495 e. The van der Waals surface area contributed by atoms with E-state index >= 15 is 0 Å². The number of aromatic nitrogens is 3. The number of thiazole rings is 1. The van der Waals surface area contributed by atoms with Gasteiger partial charge in [0, 0.05) is 13.1 Å². The van der Waals surface area contributed by atoms with Crippen molar-refractivity contribution in [1.82, 2.24) is 14.8 Å². The second kappa shape index (κ2) is 8.86. The highest BCUT2D eigenvalue weighted by atomic mass is 32.1. The lowest BCUT2D eigenvalue weighted by atomic mass is 9.97. The molecule has 1 amide bonds. The normalized spacial score (nSPS) is 16.2. The molecule has 1 aliphatic rings. The lowest BCUT2D eigenvalue weighted by Crippen LogP contribution is -2.40. The number of carbonyl (C=O) groups excluding carboxylic acids is 1. The number of piperidine rings is 1. The van der Waals surface area contributed by atoms with Crippen molar-refractivity contribution in [1.29, 1.82) is 0 Å². The highest BCUT2D eigenvalue weighted by Crippen LogP contribution is 2.35. The lowest BCUT2D eigenvalue weighted by Gasteiger charge is -2.31. The van der Waals surface area contributed by atoms with Gasteiger partial charge in [-0.1, -0.05) is 35.6 Å². The smallest absolute Gasteiger partial charge is 0.229 e. The second-order valence-electron chi connectivity index (χ2n) is 8.46. The van der Waals surface area contributed by atoms with Crippen molar-refractivity contribution in [2.75, 3.05) is 30.4 Å². The summed E-state index contributed by atoms with van der Waals surface area (Å²) in [5.41, 5.74) is 4.63. The number of anilines is 2. The molecule has 5 rings (SSSR count). The number of carbonyl (C=O) groups is 1. The van der Waals surface area contributed by atoms with Crippen molar-refractivity contribution in [3.05, 3.63) is 59.8 Å². The molecule has 2 aromatic carbocycles. The van der Waals surface area contributed by atoms with Gasteiger partial charge in [0.15, 0.2) is 10.8 Å². The molecular weight excluding hydrogens is 434 g/mol. The van der Waals surface area contributed by atoms with Crippen LogP contribution in [0.3, 0.4) is 0 Å². The van der Waals surface area contributed by atoms with Crippen LogP contribution in [0.5, 0.6) is 5.75 Å². The third kappa shape index (κ3) is 4.18. The molecule has 2 aromatic heterocycles. The second-order valence-corrected chi connectivity index (χ2v) is 9.44. The van der Waals surface area contributed by atoms with E-state index in [0.717, 1.165) is 57.5 Å². The molecule has 4 aromatic rings. The maximum atomic E-state index is 13.1. The molecule has 1 N–H and O–H groups in total. The Morgan fingerprint density at radius 3 is 2.79 bits per heavy atom. The van der Waals surface area contributed by atoms with E-state index in [2.05, 4.69) is 15.3 Å². The van der Waals surface area contributed by atoms with Crippen molar-refractivity contribution in [3.63, 3.8) is 0 Å². The molecule has 3 heterocycles. The van der Waals surface area contributed by atoms with Crippen LogP contribution < -0.4 is 15.0 Å². The van der Waals surface area contributed by atoms with Crippen molar-refractivity contribution in [3.8, 4) is 11.4 Å². The Morgan fingerprint density at radius 2 is 2.00 bits per heavy atom. The SMILES string of the molecule is COc1ccc(C)cc1NC(=O)C1CCCN(c2nc3c(s2)c(C)nn3-c2ccccc2)C1. The molecule has 1 fully saturated rings. The summed E-state index contributed by atoms with van der Waals surface area (Å²) < 4.78 is 8.41. The largest absolute Gasteiger partial charge is 0.495 e. The zero-order valence-electron chi connectivity index (χ0n) is 19.0. The number of hydrogen-bond acceptors (Lipinski definition) is 6. The molecule has 170 valence electrons. The number of ether oxygens (including phenoxy) is 1. The molecule has 1 aliphatic heterocycles. The molecule has 0 spiro atoms. The van der Waals surface area contributed by atoms with E-state index < -0.39 is 0 Å². The van der Waals surface area contributed by atoms with Crippen LogP contribution in [-0.4, -0.2) is 40.9 Å². The Morgan fingerprint density at radius 1 is 1.18 bits per heavy atom. The summed E-state index contributed by atoms with van der Waals surface area (Å²) in [4.78, 5) is 20.3. The van der Waals surface area contributed by atoms with Gasteiger partial charge in [-0.05, 0) is 56.5 Å². The van der Waals surface area contributed by atoms with Crippen molar-refractivity contribution in [2.45, 2.75) is 26.7 Å². The molecule has 1 atom stereocenters.